The van der Waals surface area contributed by atoms with Crippen LogP contribution >= 0.6 is 40.3 Å². The number of hydrogen-bond acceptors (Lipinski definition) is 12. The quantitative estimate of drug-likeness (QED) is 0.0427. The van der Waals surface area contributed by atoms with Crippen LogP contribution in [0.1, 0.15) is 40.5 Å². The van der Waals surface area contributed by atoms with Crippen molar-refractivity contribution in [3.05, 3.63) is 178 Å². The maximum absolute atomic E-state index is 13.1. The molecule has 0 aliphatic carbocycles. The van der Waals surface area contributed by atoms with Gasteiger partial charge in [0, 0.05) is 22.2 Å². The first-order valence-electron chi connectivity index (χ1n) is 19.3. The highest BCUT2D eigenvalue weighted by Crippen LogP contribution is 2.60. The molecule has 4 atom stereocenters. The van der Waals surface area contributed by atoms with E-state index in [1.165, 1.54) is 6.33 Å². The molecule has 0 spiro atoms. The Balaban J connectivity index is 1.16. The minimum atomic E-state index is -3.55. The molecule has 1 aliphatic heterocycles. The molecule has 318 valence electrons. The van der Waals surface area contributed by atoms with E-state index < -0.39 is 35.6 Å². The van der Waals surface area contributed by atoms with Crippen LogP contribution in [0.5, 0.6) is 11.5 Å². The summed E-state index contributed by atoms with van der Waals surface area (Å²) in [6.07, 6.45) is 0.842. The second kappa shape index (κ2) is 19.3. The number of ether oxygens (including phenoxy) is 4. The van der Waals surface area contributed by atoms with Crippen LogP contribution < -0.4 is 14.6 Å². The zero-order chi connectivity index (χ0) is 43.3. The third-order valence-electron chi connectivity index (χ3n) is 10.4. The molecule has 1 aliphatic rings. The zero-order valence-electron chi connectivity index (χ0n) is 33.3. The molecule has 0 amide bonds. The van der Waals surface area contributed by atoms with Gasteiger partial charge in [-0.2, -0.15) is 0 Å². The molecular weight excluding hydrogens is 889 g/mol. The lowest BCUT2D eigenvalue weighted by Crippen LogP contribution is -2.38. The van der Waals surface area contributed by atoms with Gasteiger partial charge >= 0.3 is 0 Å². The number of methoxy groups -OCH3 is 2. The average Bonchev–Trinajstić information content (AvgIpc) is 3.91. The summed E-state index contributed by atoms with van der Waals surface area (Å²) in [6.45, 7) is -0.0229. The van der Waals surface area contributed by atoms with Crippen LogP contribution in [-0.4, -0.2) is 63.3 Å². The van der Waals surface area contributed by atoms with Gasteiger partial charge in [-0.3, -0.25) is 4.57 Å². The molecule has 1 saturated heterocycles. The number of rotatable bonds is 16. The molecular formula is C45H39Cl2N5O7PS2-. The predicted molar refractivity (Wildman–Crippen MR) is 244 cm³/mol. The fourth-order valence-corrected chi connectivity index (χ4v) is 11.2. The van der Waals surface area contributed by atoms with Crippen LogP contribution in [0.3, 0.4) is 0 Å². The lowest BCUT2D eigenvalue weighted by atomic mass is 9.80. The van der Waals surface area contributed by atoms with E-state index in [1.54, 1.807) is 67.6 Å². The summed E-state index contributed by atoms with van der Waals surface area (Å²) in [6, 6.07) is 39.2. The monoisotopic (exact) mass is 926 g/mol. The van der Waals surface area contributed by atoms with Gasteiger partial charge in [0.2, 0.25) is 5.69 Å². The Morgan fingerprint density at radius 2 is 1.52 bits per heavy atom. The van der Waals surface area contributed by atoms with E-state index in [4.69, 9.17) is 58.5 Å². The van der Waals surface area contributed by atoms with Gasteiger partial charge in [-0.05, 0) is 81.9 Å². The van der Waals surface area contributed by atoms with Crippen LogP contribution in [0.15, 0.2) is 145 Å². The Bertz CT molecular complexity index is 2670. The van der Waals surface area contributed by atoms with Crippen LogP contribution in [-0.2, 0) is 37.2 Å². The van der Waals surface area contributed by atoms with Gasteiger partial charge < -0.3 is 33.5 Å². The summed E-state index contributed by atoms with van der Waals surface area (Å²) in [4.78, 5) is 29.4. The molecule has 0 bridgehead atoms. The summed E-state index contributed by atoms with van der Waals surface area (Å²) in [5, 5.41) is 14.0. The maximum atomic E-state index is 13.1. The largest absolute Gasteiger partial charge is 0.858 e. The first-order valence-corrected chi connectivity index (χ1v) is 24.3. The van der Waals surface area contributed by atoms with Gasteiger partial charge in [0.25, 0.3) is 0 Å². The highest BCUT2D eigenvalue weighted by Gasteiger charge is 2.44. The second-order valence-corrected chi connectivity index (χ2v) is 21.1. The minimum absolute atomic E-state index is 0.0229. The van der Waals surface area contributed by atoms with Crippen molar-refractivity contribution in [2.24, 2.45) is 4.99 Å². The lowest BCUT2D eigenvalue weighted by Gasteiger charge is -2.37. The molecule has 17 heteroatoms. The Morgan fingerprint density at radius 3 is 2.15 bits per heavy atom. The number of benzene rings is 5. The molecule has 8 rings (SSSR count). The fourth-order valence-electron chi connectivity index (χ4n) is 7.28. The predicted octanol–water partition coefficient (Wildman–Crippen LogP) is 9.42. The number of halogens is 2. The van der Waals surface area contributed by atoms with Gasteiger partial charge in [0.05, 0.1) is 33.3 Å². The summed E-state index contributed by atoms with van der Waals surface area (Å²) in [5.41, 5.74) is -0.380. The molecule has 0 saturated carbocycles. The zero-order valence-corrected chi connectivity index (χ0v) is 37.3. The van der Waals surface area contributed by atoms with Gasteiger partial charge in [0.1, 0.15) is 35.8 Å². The average molecular weight is 928 g/mol. The first-order chi connectivity index (χ1) is 30.1. The minimum Gasteiger partial charge on any atom is -0.858 e. The van der Waals surface area contributed by atoms with Crippen LogP contribution in [0.2, 0.25) is 10.0 Å². The van der Waals surface area contributed by atoms with Gasteiger partial charge in [-0.25, -0.2) is 19.9 Å². The molecule has 0 radical (unpaired) electrons. The summed E-state index contributed by atoms with van der Waals surface area (Å²) < 4.78 is 33.4. The van der Waals surface area contributed by atoms with E-state index in [0.29, 0.717) is 38.3 Å². The van der Waals surface area contributed by atoms with Crippen molar-refractivity contribution in [2.45, 2.75) is 36.2 Å². The van der Waals surface area contributed by atoms with E-state index in [9.17, 15) is 10.00 Å². The van der Waals surface area contributed by atoms with E-state index in [0.717, 1.165) is 33.6 Å². The Hall–Kier alpha value is -4.86. The first kappa shape index (κ1) is 43.8. The molecule has 2 aromatic heterocycles. The SMILES string of the molecule is COc1ccc(C(OC[C@H]2O[C@@H](n3cnc4c(N=C([O-])c5ccccc5)ncnc43)C[C@@H]2OP(O)(=S)SCc2ccc(Cl)cc2Cl)(c2ccccc2)c2ccc(OC)cc2)cc1. The van der Waals surface area contributed by atoms with E-state index in [-0.39, 0.29) is 24.6 Å². The van der Waals surface area contributed by atoms with E-state index in [1.807, 2.05) is 84.9 Å². The Morgan fingerprint density at radius 1 is 0.887 bits per heavy atom. The fraction of sp³-hybridized carbons (Fsp3) is 0.200. The van der Waals surface area contributed by atoms with Gasteiger partial charge in [0.15, 0.2) is 17.0 Å². The number of imidazole rings is 1. The van der Waals surface area contributed by atoms with Crippen molar-refractivity contribution >= 4 is 75.0 Å². The lowest BCUT2D eigenvalue weighted by molar-refractivity contribution is -0.212. The number of hydrogen-bond donors (Lipinski definition) is 1. The van der Waals surface area contributed by atoms with Crippen molar-refractivity contribution in [3.8, 4) is 11.5 Å². The smallest absolute Gasteiger partial charge is 0.245 e. The van der Waals surface area contributed by atoms with E-state index >= 15 is 0 Å². The standard InChI is InChI=1S/C45H40Cl2N5O7PS2/c1-55-35-19-14-32(15-20-35)45(31-11-7-4-8-12-31,33-16-21-36(56-2)22-17-33)57-25-39-38(59-60(54,61)62-26-30-13-18-34(46)23-37(30)47)24-40(58-39)52-28-50-41-42(48-27-49-43(41)52)51-44(53)29-9-5-3-6-10-29/h3-23,27-28,38-40H,24-26H2,1-2H3,(H,54,61)(H,48,49,51,53)/p-1/t38-,39+,40+,60?/m0/s1. The molecule has 1 unspecified atom stereocenters. The third kappa shape index (κ3) is 9.54. The number of aliphatic imine (C=N–C) groups is 1. The molecule has 7 aromatic rings. The van der Waals surface area contributed by atoms with E-state index in [2.05, 4.69) is 19.9 Å². The maximum Gasteiger partial charge on any atom is 0.245 e. The topological polar surface area (TPSA) is 145 Å². The highest BCUT2D eigenvalue weighted by atomic mass is 35.5. The van der Waals surface area contributed by atoms with Crippen LogP contribution in [0.4, 0.5) is 5.82 Å². The van der Waals surface area contributed by atoms with Crippen molar-refractivity contribution in [1.82, 2.24) is 19.5 Å². The second-order valence-electron chi connectivity index (χ2n) is 14.1. The third-order valence-corrected chi connectivity index (χ3v) is 15.1. The summed E-state index contributed by atoms with van der Waals surface area (Å²) >= 11 is 19.5. The van der Waals surface area contributed by atoms with Gasteiger partial charge in [-0.1, -0.05) is 126 Å². The Kier molecular flexibility index (Phi) is 13.6. The normalized spacial score (nSPS) is 17.8. The van der Waals surface area contributed by atoms with Crippen molar-refractivity contribution in [3.63, 3.8) is 0 Å². The molecule has 3 heterocycles. The molecule has 1 N–H and O–H groups in total. The van der Waals surface area contributed by atoms with Crippen LogP contribution in [0.25, 0.3) is 11.2 Å². The van der Waals surface area contributed by atoms with Crippen molar-refractivity contribution < 1.29 is 33.5 Å². The van der Waals surface area contributed by atoms with Crippen molar-refractivity contribution in [1.29, 1.82) is 0 Å². The Labute approximate surface area is 377 Å². The summed E-state index contributed by atoms with van der Waals surface area (Å²) in [5.74, 6) is 1.30. The molecule has 12 nitrogen and oxygen atoms in total. The van der Waals surface area contributed by atoms with Crippen LogP contribution in [0, 0.1) is 0 Å². The highest BCUT2D eigenvalue weighted by molar-refractivity contribution is 8.67. The number of fused-ring (bicyclic) bond motifs is 1. The van der Waals surface area contributed by atoms with Crippen molar-refractivity contribution in [2.75, 3.05) is 20.8 Å². The molecule has 5 aromatic carbocycles. The van der Waals surface area contributed by atoms with Gasteiger partial charge in [-0.15, -0.1) is 0 Å². The summed E-state index contributed by atoms with van der Waals surface area (Å²) in [7, 11) is 3.24. The molecule has 1 fully saturated rings. The number of nitrogens with zero attached hydrogens (tertiary/aromatic N) is 5. The molecule has 62 heavy (non-hydrogen) atoms. The number of aromatic nitrogens is 4.